The van der Waals surface area contributed by atoms with Crippen LogP contribution >= 0.6 is 0 Å². The zero-order chi connectivity index (χ0) is 16.7. The van der Waals surface area contributed by atoms with E-state index in [1.54, 1.807) is 0 Å². The van der Waals surface area contributed by atoms with Gasteiger partial charge in [0, 0.05) is 32.9 Å². The molecule has 4 rings (SSSR count). The Kier molecular flexibility index (Phi) is 3.57. The van der Waals surface area contributed by atoms with Crippen molar-refractivity contribution >= 4 is 16.9 Å². The number of imidazole rings is 2. The fourth-order valence-electron chi connectivity index (χ4n) is 3.05. The second-order valence-electron chi connectivity index (χ2n) is 6.14. The third-order valence-electron chi connectivity index (χ3n) is 4.53. The van der Waals surface area contributed by atoms with Crippen molar-refractivity contribution in [1.29, 1.82) is 0 Å². The molecule has 124 valence electrons. The highest BCUT2D eigenvalue weighted by Gasteiger charge is 2.16. The van der Waals surface area contributed by atoms with E-state index < -0.39 is 0 Å². The van der Waals surface area contributed by atoms with E-state index in [2.05, 4.69) is 25.2 Å². The number of carbonyl (C=O) groups is 1. The molecule has 3 aromatic rings. The summed E-state index contributed by atoms with van der Waals surface area (Å²) in [4.78, 5) is 21.3. The number of aryl methyl sites for hydroxylation is 2. The second-order valence-corrected chi connectivity index (χ2v) is 6.14. The first kappa shape index (κ1) is 14.9. The third kappa shape index (κ3) is 2.56. The average Bonchev–Trinajstić information content (AvgIpc) is 3.14. The largest absolute Gasteiger partial charge is 0.347 e. The lowest BCUT2D eigenvalue weighted by Gasteiger charge is -2.13. The number of rotatable bonds is 3. The summed E-state index contributed by atoms with van der Waals surface area (Å²) < 4.78 is 4.09. The zero-order valence-corrected chi connectivity index (χ0v) is 13.8. The number of nitrogens with zero attached hydrogens (tertiary/aromatic N) is 4. The summed E-state index contributed by atoms with van der Waals surface area (Å²) in [6, 6.07) is 6.08. The smallest absolute Gasteiger partial charge is 0.271 e. The van der Waals surface area contributed by atoms with E-state index in [1.807, 2.05) is 42.9 Å². The van der Waals surface area contributed by atoms with Crippen LogP contribution < -0.4 is 10.6 Å². The van der Waals surface area contributed by atoms with E-state index in [9.17, 15) is 4.79 Å². The molecule has 0 radical (unpaired) electrons. The predicted octanol–water partition coefficient (Wildman–Crippen LogP) is 1.11. The first-order chi connectivity index (χ1) is 11.6. The van der Waals surface area contributed by atoms with Crippen molar-refractivity contribution in [2.24, 2.45) is 7.05 Å². The van der Waals surface area contributed by atoms with Crippen LogP contribution in [0.2, 0.25) is 0 Å². The highest BCUT2D eigenvalue weighted by atomic mass is 16.1. The highest BCUT2D eigenvalue weighted by Crippen LogP contribution is 2.16. The van der Waals surface area contributed by atoms with Crippen molar-refractivity contribution in [3.8, 4) is 0 Å². The Labute approximate surface area is 139 Å². The maximum absolute atomic E-state index is 12.3. The van der Waals surface area contributed by atoms with E-state index in [4.69, 9.17) is 0 Å². The highest BCUT2D eigenvalue weighted by molar-refractivity contribution is 5.92. The number of amides is 1. The van der Waals surface area contributed by atoms with Gasteiger partial charge in [0.05, 0.1) is 17.6 Å². The Morgan fingerprint density at radius 3 is 3.08 bits per heavy atom. The Balaban J connectivity index is 1.48. The van der Waals surface area contributed by atoms with E-state index >= 15 is 0 Å². The van der Waals surface area contributed by atoms with E-state index in [1.165, 1.54) is 0 Å². The number of benzene rings is 1. The van der Waals surface area contributed by atoms with Crippen LogP contribution in [0.25, 0.3) is 11.0 Å². The lowest BCUT2D eigenvalue weighted by atomic mass is 10.2. The Morgan fingerprint density at radius 1 is 1.38 bits per heavy atom. The Hall–Kier alpha value is -2.67. The van der Waals surface area contributed by atoms with Crippen molar-refractivity contribution in [1.82, 2.24) is 29.7 Å². The molecule has 0 aliphatic carbocycles. The number of hydrogen-bond acceptors (Lipinski definition) is 4. The lowest BCUT2D eigenvalue weighted by molar-refractivity contribution is 0.0946. The number of hydrogen-bond donors (Lipinski definition) is 2. The van der Waals surface area contributed by atoms with Gasteiger partial charge >= 0.3 is 0 Å². The first-order valence-electron chi connectivity index (χ1n) is 8.09. The molecule has 0 atom stereocenters. The summed E-state index contributed by atoms with van der Waals surface area (Å²) in [6.45, 7) is 4.92. The monoisotopic (exact) mass is 324 g/mol. The normalized spacial score (nSPS) is 13.9. The molecule has 7 nitrogen and oxygen atoms in total. The SMILES string of the molecule is Cc1nc2cc(CNC(=O)c3cn4c(n3)CNCC4)ccc2n1C. The van der Waals surface area contributed by atoms with Crippen molar-refractivity contribution in [2.75, 3.05) is 6.54 Å². The number of fused-ring (bicyclic) bond motifs is 2. The summed E-state index contributed by atoms with van der Waals surface area (Å²) in [5.41, 5.74) is 3.55. The molecule has 24 heavy (non-hydrogen) atoms. The van der Waals surface area contributed by atoms with Gasteiger partial charge in [-0.05, 0) is 24.6 Å². The molecule has 0 spiro atoms. The quantitative estimate of drug-likeness (QED) is 0.757. The van der Waals surface area contributed by atoms with Crippen LogP contribution in [0.5, 0.6) is 0 Å². The van der Waals surface area contributed by atoms with Crippen molar-refractivity contribution in [3.05, 3.63) is 47.3 Å². The van der Waals surface area contributed by atoms with Gasteiger partial charge in [-0.15, -0.1) is 0 Å². The van der Waals surface area contributed by atoms with Gasteiger partial charge in [0.25, 0.3) is 5.91 Å². The fourth-order valence-corrected chi connectivity index (χ4v) is 3.05. The zero-order valence-electron chi connectivity index (χ0n) is 13.8. The topological polar surface area (TPSA) is 76.8 Å². The summed E-state index contributed by atoms with van der Waals surface area (Å²) in [6.07, 6.45) is 1.83. The van der Waals surface area contributed by atoms with Crippen LogP contribution in [0.15, 0.2) is 24.4 Å². The molecule has 0 fully saturated rings. The molecule has 7 heteroatoms. The molecule has 0 saturated carbocycles. The van der Waals surface area contributed by atoms with Gasteiger partial charge in [0.1, 0.15) is 17.3 Å². The third-order valence-corrected chi connectivity index (χ3v) is 4.53. The molecule has 0 saturated heterocycles. The average molecular weight is 324 g/mol. The molecule has 0 unspecified atom stereocenters. The molecule has 3 heterocycles. The summed E-state index contributed by atoms with van der Waals surface area (Å²) in [5, 5.41) is 6.19. The molecule has 2 aromatic heterocycles. The molecule has 1 aliphatic rings. The van der Waals surface area contributed by atoms with E-state index in [-0.39, 0.29) is 5.91 Å². The van der Waals surface area contributed by atoms with Gasteiger partial charge in [0.15, 0.2) is 0 Å². The van der Waals surface area contributed by atoms with Crippen LogP contribution in [0.1, 0.15) is 27.7 Å². The summed E-state index contributed by atoms with van der Waals surface area (Å²) in [5.74, 6) is 1.74. The van der Waals surface area contributed by atoms with Crippen molar-refractivity contribution in [3.63, 3.8) is 0 Å². The summed E-state index contributed by atoms with van der Waals surface area (Å²) >= 11 is 0. The summed E-state index contributed by atoms with van der Waals surface area (Å²) in [7, 11) is 2.00. The Bertz CT molecular complexity index is 899. The number of carbonyl (C=O) groups excluding carboxylic acids is 1. The predicted molar refractivity (Wildman–Crippen MR) is 90.6 cm³/mol. The van der Waals surface area contributed by atoms with Crippen LogP contribution in [0, 0.1) is 6.92 Å². The second kappa shape index (κ2) is 5.76. The molecule has 1 aliphatic heterocycles. The maximum atomic E-state index is 12.3. The van der Waals surface area contributed by atoms with E-state index in [0.29, 0.717) is 18.8 Å². The number of aromatic nitrogens is 4. The maximum Gasteiger partial charge on any atom is 0.271 e. The Morgan fingerprint density at radius 2 is 2.25 bits per heavy atom. The molecule has 2 N–H and O–H groups in total. The molecular weight excluding hydrogens is 304 g/mol. The van der Waals surface area contributed by atoms with Gasteiger partial charge in [-0.2, -0.15) is 0 Å². The van der Waals surface area contributed by atoms with E-state index in [0.717, 1.165) is 41.3 Å². The minimum atomic E-state index is -0.144. The van der Waals surface area contributed by atoms with Crippen LogP contribution in [0.4, 0.5) is 0 Å². The minimum Gasteiger partial charge on any atom is -0.347 e. The minimum absolute atomic E-state index is 0.144. The molecular formula is C17H20N6O. The van der Waals surface area contributed by atoms with Gasteiger partial charge in [-0.1, -0.05) is 6.07 Å². The molecule has 0 bridgehead atoms. The molecule has 1 aromatic carbocycles. The van der Waals surface area contributed by atoms with Gasteiger partial charge in [-0.3, -0.25) is 4.79 Å². The van der Waals surface area contributed by atoms with Crippen LogP contribution in [-0.2, 0) is 26.7 Å². The van der Waals surface area contributed by atoms with Crippen LogP contribution in [0.3, 0.4) is 0 Å². The number of nitrogens with one attached hydrogen (secondary N) is 2. The lowest BCUT2D eigenvalue weighted by Crippen LogP contribution is -2.27. The van der Waals surface area contributed by atoms with Crippen LogP contribution in [-0.4, -0.2) is 31.6 Å². The van der Waals surface area contributed by atoms with Crippen molar-refractivity contribution < 1.29 is 4.79 Å². The van der Waals surface area contributed by atoms with Gasteiger partial charge < -0.3 is 19.8 Å². The van der Waals surface area contributed by atoms with Crippen molar-refractivity contribution in [2.45, 2.75) is 26.6 Å². The van der Waals surface area contributed by atoms with Gasteiger partial charge in [0.2, 0.25) is 0 Å². The fraction of sp³-hybridized carbons (Fsp3) is 0.353. The van der Waals surface area contributed by atoms with Gasteiger partial charge in [-0.25, -0.2) is 9.97 Å². The standard InChI is InChI=1S/C17H20N6O/c1-11-20-13-7-12(3-4-15(13)22(11)2)8-19-17(24)14-10-23-6-5-18-9-16(23)21-14/h3-4,7,10,18H,5-6,8-9H2,1-2H3,(H,19,24). The first-order valence-corrected chi connectivity index (χ1v) is 8.09. The molecule has 1 amide bonds.